The number of rotatable bonds is 8. The normalized spacial score (nSPS) is 11.0. The number of ketones is 1. The summed E-state index contributed by atoms with van der Waals surface area (Å²) >= 11 is 0. The molecule has 7 heteroatoms. The van der Waals surface area contributed by atoms with E-state index in [1.807, 2.05) is 6.92 Å². The Bertz CT molecular complexity index is 1440. The van der Waals surface area contributed by atoms with Gasteiger partial charge in [0.25, 0.3) is 0 Å². The van der Waals surface area contributed by atoms with Gasteiger partial charge < -0.3 is 18.6 Å². The molecule has 0 saturated carbocycles. The Morgan fingerprint density at radius 2 is 1.53 bits per heavy atom. The summed E-state index contributed by atoms with van der Waals surface area (Å²) in [6.45, 7) is 4.09. The van der Waals surface area contributed by atoms with Crippen LogP contribution in [0, 0.1) is 6.92 Å². The third-order valence-corrected chi connectivity index (χ3v) is 5.46. The number of hydrogen-bond donors (Lipinski definition) is 0. The van der Waals surface area contributed by atoms with E-state index in [9.17, 15) is 14.4 Å². The molecule has 0 atom stereocenters. The van der Waals surface area contributed by atoms with Crippen LogP contribution in [0.1, 0.15) is 49.3 Å². The summed E-state index contributed by atoms with van der Waals surface area (Å²) in [5.74, 6) is 0.178. The lowest BCUT2D eigenvalue weighted by atomic mass is 10.1. The van der Waals surface area contributed by atoms with Crippen LogP contribution in [0.2, 0.25) is 0 Å². The van der Waals surface area contributed by atoms with Crippen molar-refractivity contribution in [2.24, 2.45) is 0 Å². The van der Waals surface area contributed by atoms with Crippen molar-refractivity contribution >= 4 is 34.8 Å². The molecule has 36 heavy (non-hydrogen) atoms. The number of carbonyl (C=O) groups excluding carboxylic acids is 3. The molecule has 0 radical (unpaired) electrons. The molecule has 0 bridgehead atoms. The molecule has 0 aliphatic rings. The number of ether oxygens (including phenoxy) is 3. The van der Waals surface area contributed by atoms with E-state index < -0.39 is 11.9 Å². The highest BCUT2D eigenvalue weighted by Crippen LogP contribution is 2.30. The number of methoxy groups -OCH3 is 1. The molecule has 182 valence electrons. The summed E-state index contributed by atoms with van der Waals surface area (Å²) in [5.41, 5.74) is 2.52. The van der Waals surface area contributed by atoms with Crippen LogP contribution < -0.4 is 9.47 Å². The van der Waals surface area contributed by atoms with Gasteiger partial charge in [-0.15, -0.1) is 0 Å². The fraction of sp³-hybridized carbons (Fsp3) is 0.138. The quantitative estimate of drug-likeness (QED) is 0.130. The number of hydrogen-bond acceptors (Lipinski definition) is 7. The Hall–Kier alpha value is -4.65. The Balaban J connectivity index is 1.44. The van der Waals surface area contributed by atoms with E-state index >= 15 is 0 Å². The van der Waals surface area contributed by atoms with Gasteiger partial charge in [-0.2, -0.15) is 0 Å². The standard InChI is InChI=1S/C29H24O7/c1-4-34-23-14-16-26-24(17-23)27(18(2)35-26)29(32)36-22-12-10-20(11-13-22)25(30)15-7-19-5-8-21(9-6-19)28(31)33-3/h5-17H,4H2,1-3H3. The lowest BCUT2D eigenvalue weighted by Crippen LogP contribution is -2.09. The molecular formula is C29H24O7. The smallest absolute Gasteiger partial charge is 0.347 e. The predicted molar refractivity (Wildman–Crippen MR) is 135 cm³/mol. The highest BCUT2D eigenvalue weighted by atomic mass is 16.5. The number of benzene rings is 3. The van der Waals surface area contributed by atoms with Gasteiger partial charge in [-0.25, -0.2) is 9.59 Å². The van der Waals surface area contributed by atoms with Crippen LogP contribution >= 0.6 is 0 Å². The molecule has 0 aliphatic carbocycles. The van der Waals surface area contributed by atoms with Crippen molar-refractivity contribution < 1.29 is 33.0 Å². The second-order valence-corrected chi connectivity index (χ2v) is 7.85. The van der Waals surface area contributed by atoms with Crippen LogP contribution in [0.4, 0.5) is 0 Å². The van der Waals surface area contributed by atoms with Gasteiger partial charge in [0, 0.05) is 10.9 Å². The molecule has 0 N–H and O–H groups in total. The molecular weight excluding hydrogens is 460 g/mol. The highest BCUT2D eigenvalue weighted by Gasteiger charge is 2.21. The summed E-state index contributed by atoms with van der Waals surface area (Å²) in [7, 11) is 1.32. The highest BCUT2D eigenvalue weighted by molar-refractivity contribution is 6.07. The van der Waals surface area contributed by atoms with Crippen molar-refractivity contribution in [3.63, 3.8) is 0 Å². The summed E-state index contributed by atoms with van der Waals surface area (Å²) < 4.78 is 21.4. The van der Waals surface area contributed by atoms with Crippen molar-refractivity contribution in [3.05, 3.63) is 101 Å². The van der Waals surface area contributed by atoms with E-state index in [1.54, 1.807) is 79.7 Å². The Kier molecular flexibility index (Phi) is 7.30. The molecule has 3 aromatic carbocycles. The molecule has 0 unspecified atom stereocenters. The summed E-state index contributed by atoms with van der Waals surface area (Å²) in [6, 6.07) is 18.3. The third-order valence-electron chi connectivity index (χ3n) is 5.46. The van der Waals surface area contributed by atoms with E-state index in [0.29, 0.717) is 51.5 Å². The number of esters is 2. The number of carbonyl (C=O) groups is 3. The van der Waals surface area contributed by atoms with Gasteiger partial charge in [0.1, 0.15) is 28.4 Å². The number of allylic oxidation sites excluding steroid dienone is 1. The number of furan rings is 1. The molecule has 1 heterocycles. The largest absolute Gasteiger partial charge is 0.494 e. The third kappa shape index (κ3) is 5.36. The van der Waals surface area contributed by atoms with Gasteiger partial charge in [0.15, 0.2) is 5.78 Å². The van der Waals surface area contributed by atoms with Gasteiger partial charge in [0.05, 0.1) is 19.3 Å². The van der Waals surface area contributed by atoms with Crippen LogP contribution in [0.15, 0.2) is 77.2 Å². The molecule has 0 amide bonds. The van der Waals surface area contributed by atoms with E-state index in [0.717, 1.165) is 5.56 Å². The first-order valence-electron chi connectivity index (χ1n) is 11.3. The first kappa shape index (κ1) is 24.5. The van der Waals surface area contributed by atoms with Crippen LogP contribution in [0.25, 0.3) is 17.0 Å². The van der Waals surface area contributed by atoms with E-state index in [1.165, 1.54) is 13.2 Å². The van der Waals surface area contributed by atoms with Crippen LogP contribution in [-0.2, 0) is 4.74 Å². The van der Waals surface area contributed by atoms with E-state index in [2.05, 4.69) is 4.74 Å². The van der Waals surface area contributed by atoms with Gasteiger partial charge in [-0.1, -0.05) is 18.2 Å². The van der Waals surface area contributed by atoms with Gasteiger partial charge in [0.2, 0.25) is 0 Å². The number of aryl methyl sites for hydroxylation is 1. The van der Waals surface area contributed by atoms with E-state index in [-0.39, 0.29) is 5.78 Å². The van der Waals surface area contributed by atoms with Crippen molar-refractivity contribution in [1.82, 2.24) is 0 Å². The molecule has 7 nitrogen and oxygen atoms in total. The maximum Gasteiger partial charge on any atom is 0.347 e. The predicted octanol–water partition coefficient (Wildman–Crippen LogP) is 6.04. The zero-order valence-corrected chi connectivity index (χ0v) is 20.1. The maximum absolute atomic E-state index is 12.9. The minimum absolute atomic E-state index is 0.218. The monoisotopic (exact) mass is 484 g/mol. The Morgan fingerprint density at radius 1 is 0.861 bits per heavy atom. The Morgan fingerprint density at radius 3 is 2.19 bits per heavy atom. The molecule has 4 rings (SSSR count). The molecule has 4 aromatic rings. The SMILES string of the molecule is CCOc1ccc2oc(C)c(C(=O)Oc3ccc(C(=O)C=Cc4ccc(C(=O)OC)cc4)cc3)c2c1. The topological polar surface area (TPSA) is 92.0 Å². The minimum atomic E-state index is -0.561. The van der Waals surface area contributed by atoms with Crippen molar-refractivity contribution in [3.8, 4) is 11.5 Å². The first-order chi connectivity index (χ1) is 17.4. The van der Waals surface area contributed by atoms with Gasteiger partial charge in [-0.05, 0) is 80.1 Å². The fourth-order valence-corrected chi connectivity index (χ4v) is 3.67. The molecule has 0 saturated heterocycles. The fourth-order valence-electron chi connectivity index (χ4n) is 3.67. The van der Waals surface area contributed by atoms with Gasteiger partial charge >= 0.3 is 11.9 Å². The van der Waals surface area contributed by atoms with Crippen LogP contribution in [0.3, 0.4) is 0 Å². The van der Waals surface area contributed by atoms with Crippen LogP contribution in [-0.4, -0.2) is 31.4 Å². The summed E-state index contributed by atoms with van der Waals surface area (Å²) in [6.07, 6.45) is 3.09. The molecule has 1 aromatic heterocycles. The molecule has 0 aliphatic heterocycles. The second-order valence-electron chi connectivity index (χ2n) is 7.85. The zero-order chi connectivity index (χ0) is 25.7. The molecule has 0 spiro atoms. The number of fused-ring (bicyclic) bond motifs is 1. The lowest BCUT2D eigenvalue weighted by Gasteiger charge is -2.06. The second kappa shape index (κ2) is 10.7. The average Bonchev–Trinajstić information content (AvgIpc) is 3.22. The Labute approximate surface area is 207 Å². The summed E-state index contributed by atoms with van der Waals surface area (Å²) in [5, 5.41) is 0.611. The minimum Gasteiger partial charge on any atom is -0.494 e. The van der Waals surface area contributed by atoms with Gasteiger partial charge in [-0.3, -0.25) is 4.79 Å². The average molecular weight is 485 g/mol. The van der Waals surface area contributed by atoms with E-state index in [4.69, 9.17) is 13.9 Å². The van der Waals surface area contributed by atoms with Crippen molar-refractivity contribution in [2.45, 2.75) is 13.8 Å². The van der Waals surface area contributed by atoms with Crippen molar-refractivity contribution in [2.75, 3.05) is 13.7 Å². The molecule has 0 fully saturated rings. The van der Waals surface area contributed by atoms with Crippen LogP contribution in [0.5, 0.6) is 11.5 Å². The first-order valence-corrected chi connectivity index (χ1v) is 11.3. The van der Waals surface area contributed by atoms with Crippen molar-refractivity contribution in [1.29, 1.82) is 0 Å². The maximum atomic E-state index is 12.9. The lowest BCUT2D eigenvalue weighted by molar-refractivity contribution is 0.0600. The zero-order valence-electron chi connectivity index (χ0n) is 20.1. The summed E-state index contributed by atoms with van der Waals surface area (Å²) in [4.78, 5) is 37.0.